The largest absolute Gasteiger partial charge is 0.480 e. The molecule has 0 bridgehead atoms. The van der Waals surface area contributed by atoms with E-state index in [1.807, 2.05) is 19.9 Å². The highest BCUT2D eigenvalue weighted by Gasteiger charge is 2.40. The van der Waals surface area contributed by atoms with E-state index in [-0.39, 0.29) is 11.4 Å². The van der Waals surface area contributed by atoms with Crippen LogP contribution >= 0.6 is 0 Å². The number of carbonyl (C=O) groups is 1. The van der Waals surface area contributed by atoms with Crippen LogP contribution in [0.1, 0.15) is 35.1 Å². The van der Waals surface area contributed by atoms with Gasteiger partial charge in [-0.15, -0.1) is 0 Å². The van der Waals surface area contributed by atoms with Gasteiger partial charge in [0.05, 0.1) is 4.90 Å². The van der Waals surface area contributed by atoms with E-state index in [1.54, 1.807) is 13.8 Å². The molecule has 1 aromatic rings. The molecule has 0 spiro atoms. The van der Waals surface area contributed by atoms with Crippen LogP contribution in [0.2, 0.25) is 0 Å². The summed E-state index contributed by atoms with van der Waals surface area (Å²) in [5.74, 6) is -1.07. The normalized spacial score (nSPS) is 19.9. The van der Waals surface area contributed by atoms with Gasteiger partial charge in [0.2, 0.25) is 10.0 Å². The van der Waals surface area contributed by atoms with E-state index in [4.69, 9.17) is 0 Å². The van der Waals surface area contributed by atoms with Crippen molar-refractivity contribution in [2.75, 3.05) is 6.54 Å². The van der Waals surface area contributed by atoms with Gasteiger partial charge in [0.25, 0.3) is 0 Å². The van der Waals surface area contributed by atoms with Crippen molar-refractivity contribution in [2.24, 2.45) is 0 Å². The molecule has 2 rings (SSSR count). The first-order valence-corrected chi connectivity index (χ1v) is 8.44. The molecule has 1 atom stereocenters. The molecule has 116 valence electrons. The van der Waals surface area contributed by atoms with Gasteiger partial charge in [0, 0.05) is 6.54 Å². The van der Waals surface area contributed by atoms with Crippen LogP contribution in [-0.4, -0.2) is 36.4 Å². The van der Waals surface area contributed by atoms with Crippen molar-refractivity contribution < 1.29 is 18.3 Å². The lowest BCUT2D eigenvalue weighted by Crippen LogP contribution is -2.41. The van der Waals surface area contributed by atoms with Crippen LogP contribution in [-0.2, 0) is 14.8 Å². The van der Waals surface area contributed by atoms with Crippen molar-refractivity contribution in [1.29, 1.82) is 0 Å². The number of benzene rings is 1. The average Bonchev–Trinajstić information content (AvgIpc) is 2.86. The van der Waals surface area contributed by atoms with Gasteiger partial charge in [-0.05, 0) is 62.8 Å². The van der Waals surface area contributed by atoms with Crippen molar-refractivity contribution in [1.82, 2.24) is 4.31 Å². The van der Waals surface area contributed by atoms with Crippen LogP contribution in [0, 0.1) is 27.7 Å². The van der Waals surface area contributed by atoms with Crippen LogP contribution < -0.4 is 0 Å². The maximum absolute atomic E-state index is 13.0. The Labute approximate surface area is 125 Å². The summed E-state index contributed by atoms with van der Waals surface area (Å²) in [5, 5.41) is 9.24. The van der Waals surface area contributed by atoms with Gasteiger partial charge in [-0.1, -0.05) is 6.07 Å². The predicted octanol–water partition coefficient (Wildman–Crippen LogP) is 2.16. The number of rotatable bonds is 3. The van der Waals surface area contributed by atoms with Crippen LogP contribution in [0.15, 0.2) is 11.0 Å². The molecular formula is C15H21NO4S. The first-order chi connectivity index (χ1) is 9.67. The lowest BCUT2D eigenvalue weighted by Gasteiger charge is -2.24. The maximum Gasteiger partial charge on any atom is 0.322 e. The smallest absolute Gasteiger partial charge is 0.322 e. The molecule has 1 unspecified atom stereocenters. The zero-order chi connectivity index (χ0) is 15.9. The summed E-state index contributed by atoms with van der Waals surface area (Å²) in [4.78, 5) is 11.6. The number of hydrogen-bond donors (Lipinski definition) is 1. The summed E-state index contributed by atoms with van der Waals surface area (Å²) in [5.41, 5.74) is 3.22. The van der Waals surface area contributed by atoms with Gasteiger partial charge in [-0.25, -0.2) is 8.42 Å². The Balaban J connectivity index is 2.63. The summed E-state index contributed by atoms with van der Waals surface area (Å²) in [7, 11) is -3.79. The molecule has 0 saturated carbocycles. The number of carboxylic acids is 1. The zero-order valence-corrected chi connectivity index (χ0v) is 13.6. The Bertz CT molecular complexity index is 668. The Hall–Kier alpha value is -1.40. The molecule has 0 aliphatic carbocycles. The zero-order valence-electron chi connectivity index (χ0n) is 12.8. The van der Waals surface area contributed by atoms with Crippen LogP contribution in [0.25, 0.3) is 0 Å². The number of aliphatic carboxylic acids is 1. The molecule has 1 aliphatic rings. The van der Waals surface area contributed by atoms with E-state index in [0.29, 0.717) is 24.0 Å². The quantitative estimate of drug-likeness (QED) is 0.928. The first kappa shape index (κ1) is 16.0. The first-order valence-electron chi connectivity index (χ1n) is 7.00. The van der Waals surface area contributed by atoms with Crippen molar-refractivity contribution in [3.8, 4) is 0 Å². The lowest BCUT2D eigenvalue weighted by molar-refractivity contribution is -0.140. The molecular weight excluding hydrogens is 290 g/mol. The Morgan fingerprint density at radius 1 is 1.19 bits per heavy atom. The minimum atomic E-state index is -3.79. The van der Waals surface area contributed by atoms with E-state index >= 15 is 0 Å². The highest BCUT2D eigenvalue weighted by molar-refractivity contribution is 7.89. The standard InChI is InChI=1S/C15H21NO4S/c1-9-8-10(2)12(4)14(11(9)3)21(19,20)16-7-5-6-13(16)15(17)18/h8,13H,5-7H2,1-4H3,(H,17,18). The fourth-order valence-corrected chi connectivity index (χ4v) is 5.19. The molecule has 0 aromatic heterocycles. The van der Waals surface area contributed by atoms with Crippen LogP contribution in [0.5, 0.6) is 0 Å². The van der Waals surface area contributed by atoms with Crippen LogP contribution in [0.4, 0.5) is 0 Å². The van der Waals surface area contributed by atoms with Crippen LogP contribution in [0.3, 0.4) is 0 Å². The second kappa shape index (κ2) is 5.42. The predicted molar refractivity (Wildman–Crippen MR) is 79.9 cm³/mol. The van der Waals surface area contributed by atoms with E-state index < -0.39 is 22.0 Å². The van der Waals surface area contributed by atoms with Gasteiger partial charge in [0.15, 0.2) is 0 Å². The summed E-state index contributed by atoms with van der Waals surface area (Å²) >= 11 is 0. The molecule has 1 aliphatic heterocycles. The average molecular weight is 311 g/mol. The Morgan fingerprint density at radius 2 is 1.71 bits per heavy atom. The third-order valence-corrected chi connectivity index (χ3v) is 6.54. The number of aryl methyl sites for hydroxylation is 2. The lowest BCUT2D eigenvalue weighted by atomic mass is 10.0. The molecule has 21 heavy (non-hydrogen) atoms. The molecule has 0 amide bonds. The Morgan fingerprint density at radius 3 is 2.19 bits per heavy atom. The molecule has 1 N–H and O–H groups in total. The minimum absolute atomic E-state index is 0.269. The van der Waals surface area contributed by atoms with E-state index in [0.717, 1.165) is 15.4 Å². The molecule has 5 nitrogen and oxygen atoms in total. The minimum Gasteiger partial charge on any atom is -0.480 e. The second-order valence-corrected chi connectivity index (χ2v) is 7.53. The highest BCUT2D eigenvalue weighted by Crippen LogP contribution is 2.32. The Kier molecular flexibility index (Phi) is 4.13. The summed E-state index contributed by atoms with van der Waals surface area (Å²) in [6.07, 6.45) is 0.955. The van der Waals surface area contributed by atoms with Crippen molar-refractivity contribution >= 4 is 16.0 Å². The number of hydrogen-bond acceptors (Lipinski definition) is 3. The topological polar surface area (TPSA) is 74.7 Å². The summed E-state index contributed by atoms with van der Waals surface area (Å²) in [6, 6.07) is 1.01. The van der Waals surface area contributed by atoms with Gasteiger partial charge in [-0.3, -0.25) is 4.79 Å². The third-order valence-electron chi connectivity index (χ3n) is 4.35. The van der Waals surface area contributed by atoms with Gasteiger partial charge in [-0.2, -0.15) is 4.31 Å². The SMILES string of the molecule is Cc1cc(C)c(C)c(S(=O)(=O)N2CCCC2C(=O)O)c1C. The second-order valence-electron chi connectivity index (χ2n) is 5.70. The molecule has 0 radical (unpaired) electrons. The van der Waals surface area contributed by atoms with Gasteiger partial charge in [0.1, 0.15) is 6.04 Å². The summed E-state index contributed by atoms with van der Waals surface area (Å²) in [6.45, 7) is 7.57. The monoisotopic (exact) mass is 311 g/mol. The molecule has 1 saturated heterocycles. The van der Waals surface area contributed by atoms with E-state index in [9.17, 15) is 18.3 Å². The summed E-state index contributed by atoms with van der Waals surface area (Å²) < 4.78 is 27.1. The fourth-order valence-electron chi connectivity index (χ4n) is 2.96. The number of nitrogens with zero attached hydrogens (tertiary/aromatic N) is 1. The molecule has 1 fully saturated rings. The molecule has 1 heterocycles. The van der Waals surface area contributed by atoms with Gasteiger partial charge < -0.3 is 5.11 Å². The number of carboxylic acid groups (broad SMARTS) is 1. The third kappa shape index (κ3) is 2.58. The maximum atomic E-state index is 13.0. The molecule has 1 aromatic carbocycles. The van der Waals surface area contributed by atoms with E-state index in [2.05, 4.69) is 0 Å². The molecule has 6 heteroatoms. The van der Waals surface area contributed by atoms with Crippen molar-refractivity contribution in [2.45, 2.75) is 51.5 Å². The fraction of sp³-hybridized carbons (Fsp3) is 0.533. The van der Waals surface area contributed by atoms with E-state index in [1.165, 1.54) is 0 Å². The number of sulfonamides is 1. The highest BCUT2D eigenvalue weighted by atomic mass is 32.2. The van der Waals surface area contributed by atoms with Crippen molar-refractivity contribution in [3.05, 3.63) is 28.3 Å². The van der Waals surface area contributed by atoms with Crippen molar-refractivity contribution in [3.63, 3.8) is 0 Å². The van der Waals surface area contributed by atoms with Gasteiger partial charge >= 0.3 is 5.97 Å².